The van der Waals surface area contributed by atoms with Crippen LogP contribution >= 0.6 is 11.3 Å². The van der Waals surface area contributed by atoms with Gasteiger partial charge in [0, 0.05) is 34.1 Å². The van der Waals surface area contributed by atoms with Gasteiger partial charge in [0.15, 0.2) is 0 Å². The highest BCUT2D eigenvalue weighted by Crippen LogP contribution is 2.23. The molecule has 0 fully saturated rings. The summed E-state index contributed by atoms with van der Waals surface area (Å²) in [5.41, 5.74) is 2.33. The maximum Gasteiger partial charge on any atom is 0.0381 e. The molecule has 2 heterocycles. The number of likely N-dealkylation sites (N-methyl/N-ethyl adjacent to an activating group) is 1. The van der Waals surface area contributed by atoms with E-state index in [9.17, 15) is 0 Å². The van der Waals surface area contributed by atoms with E-state index >= 15 is 0 Å². The SMILES string of the molecule is CCc1ccc(CC(NC)c2ccc(C)nc2)s1. The number of nitrogens with one attached hydrogen (secondary N) is 1. The van der Waals surface area contributed by atoms with Gasteiger partial charge in [0.05, 0.1) is 0 Å². The standard InChI is InChI=1S/C15H20N2S/c1-4-13-7-8-14(18-13)9-15(16-3)12-6-5-11(2)17-10-12/h5-8,10,15-16H,4,9H2,1-3H3. The first-order valence-corrected chi connectivity index (χ1v) is 7.22. The van der Waals surface area contributed by atoms with Crippen molar-refractivity contribution in [3.05, 3.63) is 51.5 Å². The Hall–Kier alpha value is -1.19. The van der Waals surface area contributed by atoms with E-state index in [4.69, 9.17) is 0 Å². The molecule has 1 N–H and O–H groups in total. The van der Waals surface area contributed by atoms with Gasteiger partial charge >= 0.3 is 0 Å². The number of hydrogen-bond donors (Lipinski definition) is 1. The predicted octanol–water partition coefficient (Wildman–Crippen LogP) is 3.52. The van der Waals surface area contributed by atoms with Crippen LogP contribution in [0.25, 0.3) is 0 Å². The number of aryl methyl sites for hydroxylation is 2. The Bertz CT molecular complexity index is 487. The molecule has 2 rings (SSSR count). The minimum Gasteiger partial charge on any atom is -0.313 e. The summed E-state index contributed by atoms with van der Waals surface area (Å²) < 4.78 is 0. The second-order valence-electron chi connectivity index (χ2n) is 4.50. The quantitative estimate of drug-likeness (QED) is 0.889. The zero-order chi connectivity index (χ0) is 13.0. The molecule has 0 radical (unpaired) electrons. The predicted molar refractivity (Wildman–Crippen MR) is 78.2 cm³/mol. The van der Waals surface area contributed by atoms with Gasteiger partial charge < -0.3 is 5.32 Å². The molecule has 0 amide bonds. The Morgan fingerprint density at radius 2 is 2.00 bits per heavy atom. The summed E-state index contributed by atoms with van der Waals surface area (Å²) in [5.74, 6) is 0. The fraction of sp³-hybridized carbons (Fsp3) is 0.400. The molecule has 0 saturated carbocycles. The number of hydrogen-bond acceptors (Lipinski definition) is 3. The Balaban J connectivity index is 2.11. The van der Waals surface area contributed by atoms with E-state index in [-0.39, 0.29) is 0 Å². The maximum absolute atomic E-state index is 4.37. The maximum atomic E-state index is 4.37. The van der Waals surface area contributed by atoms with Gasteiger partial charge in [0.2, 0.25) is 0 Å². The van der Waals surface area contributed by atoms with Gasteiger partial charge in [-0.15, -0.1) is 11.3 Å². The van der Waals surface area contributed by atoms with Crippen LogP contribution in [0.3, 0.4) is 0 Å². The van der Waals surface area contributed by atoms with Gasteiger partial charge in [0.25, 0.3) is 0 Å². The fourth-order valence-corrected chi connectivity index (χ4v) is 3.00. The third-order valence-electron chi connectivity index (χ3n) is 3.16. The number of aromatic nitrogens is 1. The highest BCUT2D eigenvalue weighted by molar-refractivity contribution is 7.11. The third kappa shape index (κ3) is 3.18. The first-order valence-electron chi connectivity index (χ1n) is 6.40. The van der Waals surface area contributed by atoms with E-state index in [2.05, 4.69) is 41.5 Å². The molecule has 0 spiro atoms. The average molecular weight is 260 g/mol. The molecule has 0 bridgehead atoms. The van der Waals surface area contributed by atoms with Crippen molar-refractivity contribution in [2.75, 3.05) is 7.05 Å². The van der Waals surface area contributed by atoms with Crippen molar-refractivity contribution in [1.82, 2.24) is 10.3 Å². The van der Waals surface area contributed by atoms with Gasteiger partial charge in [-0.05, 0) is 44.2 Å². The molecule has 1 atom stereocenters. The lowest BCUT2D eigenvalue weighted by atomic mass is 10.0. The Kier molecular flexibility index (Phi) is 4.50. The average Bonchev–Trinajstić information content (AvgIpc) is 2.85. The van der Waals surface area contributed by atoms with Crippen molar-refractivity contribution in [2.24, 2.45) is 0 Å². The zero-order valence-corrected chi connectivity index (χ0v) is 12.1. The first kappa shape index (κ1) is 13.2. The molecule has 96 valence electrons. The minimum absolute atomic E-state index is 0.349. The van der Waals surface area contributed by atoms with Crippen molar-refractivity contribution in [3.8, 4) is 0 Å². The second-order valence-corrected chi connectivity index (χ2v) is 5.75. The van der Waals surface area contributed by atoms with Crippen LogP contribution in [-0.2, 0) is 12.8 Å². The van der Waals surface area contributed by atoms with Gasteiger partial charge in [-0.25, -0.2) is 0 Å². The van der Waals surface area contributed by atoms with Crippen LogP contribution in [0.5, 0.6) is 0 Å². The van der Waals surface area contributed by atoms with Gasteiger partial charge in [-0.1, -0.05) is 13.0 Å². The number of rotatable bonds is 5. The van der Waals surface area contributed by atoms with Gasteiger partial charge in [-0.2, -0.15) is 0 Å². The summed E-state index contributed by atoms with van der Waals surface area (Å²) >= 11 is 1.91. The van der Waals surface area contributed by atoms with Crippen LogP contribution in [0.4, 0.5) is 0 Å². The van der Waals surface area contributed by atoms with Crippen molar-refractivity contribution in [2.45, 2.75) is 32.7 Å². The van der Waals surface area contributed by atoms with Crippen molar-refractivity contribution < 1.29 is 0 Å². The van der Waals surface area contributed by atoms with Crippen molar-refractivity contribution >= 4 is 11.3 Å². The largest absolute Gasteiger partial charge is 0.313 e. The Morgan fingerprint density at radius 3 is 2.56 bits per heavy atom. The van der Waals surface area contributed by atoms with E-state index in [1.54, 1.807) is 0 Å². The summed E-state index contributed by atoms with van der Waals surface area (Å²) in [5, 5.41) is 3.38. The summed E-state index contributed by atoms with van der Waals surface area (Å²) in [6.45, 7) is 4.22. The number of nitrogens with zero attached hydrogens (tertiary/aromatic N) is 1. The summed E-state index contributed by atoms with van der Waals surface area (Å²) in [7, 11) is 2.01. The molecule has 2 aromatic heterocycles. The van der Waals surface area contributed by atoms with E-state index in [1.165, 1.54) is 15.3 Å². The van der Waals surface area contributed by atoms with E-state index in [0.29, 0.717) is 6.04 Å². The van der Waals surface area contributed by atoms with Crippen LogP contribution in [0, 0.1) is 6.92 Å². The lowest BCUT2D eigenvalue weighted by Gasteiger charge is -2.15. The topological polar surface area (TPSA) is 24.9 Å². The van der Waals surface area contributed by atoms with Crippen molar-refractivity contribution in [3.63, 3.8) is 0 Å². The van der Waals surface area contributed by atoms with Crippen LogP contribution in [0.15, 0.2) is 30.5 Å². The molecule has 3 heteroatoms. The van der Waals surface area contributed by atoms with E-state index in [1.807, 2.05) is 31.5 Å². The van der Waals surface area contributed by atoms with E-state index < -0.39 is 0 Å². The van der Waals surface area contributed by atoms with Gasteiger partial charge in [0.1, 0.15) is 0 Å². The highest BCUT2D eigenvalue weighted by Gasteiger charge is 2.11. The smallest absolute Gasteiger partial charge is 0.0381 e. The van der Waals surface area contributed by atoms with Crippen LogP contribution in [0.2, 0.25) is 0 Å². The molecule has 2 aromatic rings. The molecule has 0 aliphatic rings. The Labute approximate surface area is 113 Å². The molecule has 0 saturated heterocycles. The monoisotopic (exact) mass is 260 g/mol. The fourth-order valence-electron chi connectivity index (χ4n) is 2.00. The highest BCUT2D eigenvalue weighted by atomic mass is 32.1. The molecule has 0 aromatic carbocycles. The number of pyridine rings is 1. The normalized spacial score (nSPS) is 12.6. The van der Waals surface area contributed by atoms with E-state index in [0.717, 1.165) is 18.5 Å². The Morgan fingerprint density at radius 1 is 1.22 bits per heavy atom. The van der Waals surface area contributed by atoms with Crippen LogP contribution in [0.1, 0.15) is 34.0 Å². The minimum atomic E-state index is 0.349. The van der Waals surface area contributed by atoms with Crippen LogP contribution in [-0.4, -0.2) is 12.0 Å². The molecular weight excluding hydrogens is 240 g/mol. The summed E-state index contributed by atoms with van der Waals surface area (Å²) in [6.07, 6.45) is 4.14. The molecule has 0 aliphatic heterocycles. The lowest BCUT2D eigenvalue weighted by molar-refractivity contribution is 0.594. The molecule has 2 nitrogen and oxygen atoms in total. The van der Waals surface area contributed by atoms with Gasteiger partial charge in [-0.3, -0.25) is 4.98 Å². The van der Waals surface area contributed by atoms with Crippen LogP contribution < -0.4 is 5.32 Å². The molecule has 1 unspecified atom stereocenters. The summed E-state index contributed by atoms with van der Waals surface area (Å²) in [6, 6.07) is 9.07. The molecule has 18 heavy (non-hydrogen) atoms. The number of thiophene rings is 1. The third-order valence-corrected chi connectivity index (χ3v) is 4.41. The lowest BCUT2D eigenvalue weighted by Crippen LogP contribution is -2.18. The first-order chi connectivity index (χ1) is 8.72. The summed E-state index contributed by atoms with van der Waals surface area (Å²) in [4.78, 5) is 7.27. The molecule has 0 aliphatic carbocycles. The second kappa shape index (κ2) is 6.12. The zero-order valence-electron chi connectivity index (χ0n) is 11.2. The molecular formula is C15H20N2S. The van der Waals surface area contributed by atoms with Crippen molar-refractivity contribution in [1.29, 1.82) is 0 Å².